The van der Waals surface area contributed by atoms with E-state index in [9.17, 15) is 4.79 Å². The molecule has 0 aliphatic carbocycles. The van der Waals surface area contributed by atoms with Crippen LogP contribution in [0.1, 0.15) is 28.9 Å². The number of benzene rings is 1. The van der Waals surface area contributed by atoms with Crippen LogP contribution < -0.4 is 10.1 Å². The molecule has 1 saturated heterocycles. The molecule has 4 rings (SSSR count). The minimum absolute atomic E-state index is 0.112. The van der Waals surface area contributed by atoms with E-state index in [0.717, 1.165) is 49.5 Å². The molecule has 1 aliphatic heterocycles. The number of rotatable bonds is 6. The number of carbonyl (C=O) groups is 1. The van der Waals surface area contributed by atoms with E-state index < -0.39 is 0 Å². The van der Waals surface area contributed by atoms with Crippen molar-refractivity contribution in [2.45, 2.75) is 25.4 Å². The zero-order chi connectivity index (χ0) is 20.1. The summed E-state index contributed by atoms with van der Waals surface area (Å²) >= 11 is 0. The Morgan fingerprint density at radius 1 is 1.21 bits per heavy atom. The molecule has 2 aromatic heterocycles. The maximum atomic E-state index is 12.6. The summed E-state index contributed by atoms with van der Waals surface area (Å²) in [5.41, 5.74) is 3.37. The number of aromatic nitrogens is 3. The fourth-order valence-corrected chi connectivity index (χ4v) is 3.61. The average molecular weight is 391 g/mol. The molecule has 1 amide bonds. The molecule has 0 unspecified atom stereocenters. The van der Waals surface area contributed by atoms with E-state index >= 15 is 0 Å². The lowest BCUT2D eigenvalue weighted by Gasteiger charge is -2.32. The third-order valence-corrected chi connectivity index (χ3v) is 5.27. The normalized spacial score (nSPS) is 15.2. The van der Waals surface area contributed by atoms with Crippen molar-refractivity contribution < 1.29 is 9.53 Å². The molecule has 3 aromatic rings. The van der Waals surface area contributed by atoms with Gasteiger partial charge in [0.15, 0.2) is 0 Å². The fourth-order valence-electron chi connectivity index (χ4n) is 3.61. The lowest BCUT2D eigenvalue weighted by atomic mass is 10.0. The second-order valence-electron chi connectivity index (χ2n) is 7.28. The highest BCUT2D eigenvalue weighted by atomic mass is 16.5. The van der Waals surface area contributed by atoms with Crippen molar-refractivity contribution in [3.05, 3.63) is 66.1 Å². The standard InChI is InChI=1S/C22H25N5O2/c1-29-19-4-2-3-17(13-19)20-14-21(26-25-20)22(28)24-18-7-11-27(12-8-18)15-16-5-9-23-10-6-16/h2-6,9-10,13-14,18H,7-8,11-12,15H2,1H3,(H,24,28)(H,25,26). The molecular formula is C22H25N5O2. The molecular weight excluding hydrogens is 366 g/mol. The summed E-state index contributed by atoms with van der Waals surface area (Å²) in [6, 6.07) is 13.7. The number of aromatic amines is 1. The maximum absolute atomic E-state index is 12.6. The molecule has 2 N–H and O–H groups in total. The summed E-state index contributed by atoms with van der Waals surface area (Å²) < 4.78 is 5.25. The quantitative estimate of drug-likeness (QED) is 0.675. The van der Waals surface area contributed by atoms with Gasteiger partial charge in [-0.05, 0) is 48.7 Å². The van der Waals surface area contributed by atoms with E-state index in [4.69, 9.17) is 4.74 Å². The van der Waals surface area contributed by atoms with Gasteiger partial charge in [0.2, 0.25) is 0 Å². The van der Waals surface area contributed by atoms with Crippen LogP contribution in [0.2, 0.25) is 0 Å². The molecule has 0 radical (unpaired) electrons. The van der Waals surface area contributed by atoms with Crippen LogP contribution in [0.4, 0.5) is 0 Å². The summed E-state index contributed by atoms with van der Waals surface area (Å²) in [5, 5.41) is 10.3. The Bertz CT molecular complexity index is 949. The highest BCUT2D eigenvalue weighted by molar-refractivity contribution is 5.93. The highest BCUT2D eigenvalue weighted by Crippen LogP contribution is 2.22. The number of hydrogen-bond acceptors (Lipinski definition) is 5. The summed E-state index contributed by atoms with van der Waals surface area (Å²) in [6.07, 6.45) is 5.53. The minimum atomic E-state index is -0.112. The van der Waals surface area contributed by atoms with Gasteiger partial charge in [-0.2, -0.15) is 5.10 Å². The first kappa shape index (κ1) is 19.1. The summed E-state index contributed by atoms with van der Waals surface area (Å²) in [4.78, 5) is 19.1. The van der Waals surface area contributed by atoms with Crippen molar-refractivity contribution in [2.75, 3.05) is 20.2 Å². The second-order valence-corrected chi connectivity index (χ2v) is 7.28. The van der Waals surface area contributed by atoms with Crippen LogP contribution in [0.15, 0.2) is 54.9 Å². The Labute approximate surface area is 170 Å². The van der Waals surface area contributed by atoms with Gasteiger partial charge in [0, 0.05) is 43.6 Å². The van der Waals surface area contributed by atoms with Crippen LogP contribution in [0, 0.1) is 0 Å². The van der Waals surface area contributed by atoms with Crippen molar-refractivity contribution in [2.24, 2.45) is 0 Å². The number of ether oxygens (including phenoxy) is 1. The smallest absolute Gasteiger partial charge is 0.269 e. The van der Waals surface area contributed by atoms with Gasteiger partial charge >= 0.3 is 0 Å². The Kier molecular flexibility index (Phi) is 5.86. The molecule has 0 bridgehead atoms. The predicted octanol–water partition coefficient (Wildman–Crippen LogP) is 2.87. The van der Waals surface area contributed by atoms with Crippen molar-refractivity contribution in [3.8, 4) is 17.0 Å². The average Bonchev–Trinajstić information content (AvgIpc) is 3.26. The van der Waals surface area contributed by atoms with Crippen molar-refractivity contribution in [3.63, 3.8) is 0 Å². The number of nitrogens with zero attached hydrogens (tertiary/aromatic N) is 3. The molecule has 1 aromatic carbocycles. The van der Waals surface area contributed by atoms with Crippen LogP contribution in [0.25, 0.3) is 11.3 Å². The van der Waals surface area contributed by atoms with E-state index in [1.54, 1.807) is 13.2 Å². The first-order valence-corrected chi connectivity index (χ1v) is 9.83. The van der Waals surface area contributed by atoms with Crippen molar-refractivity contribution in [1.29, 1.82) is 0 Å². The van der Waals surface area contributed by atoms with Crippen molar-refractivity contribution in [1.82, 2.24) is 25.4 Å². The molecule has 0 atom stereocenters. The Hall–Kier alpha value is -3.19. The molecule has 0 saturated carbocycles. The fraction of sp³-hybridized carbons (Fsp3) is 0.318. The third-order valence-electron chi connectivity index (χ3n) is 5.27. The molecule has 7 heteroatoms. The number of carbonyl (C=O) groups excluding carboxylic acids is 1. The number of hydrogen-bond donors (Lipinski definition) is 2. The SMILES string of the molecule is COc1cccc(-c2cc(C(=O)NC3CCN(Cc4ccncc4)CC3)[nH]n2)c1. The van der Waals surface area contributed by atoms with Gasteiger partial charge in [-0.25, -0.2) is 0 Å². The van der Waals surface area contributed by atoms with Gasteiger partial charge in [-0.3, -0.25) is 19.8 Å². The lowest BCUT2D eigenvalue weighted by molar-refractivity contribution is 0.0904. The van der Waals surface area contributed by atoms with E-state index in [1.165, 1.54) is 5.56 Å². The van der Waals surface area contributed by atoms with Gasteiger partial charge in [-0.1, -0.05) is 12.1 Å². The van der Waals surface area contributed by atoms with Crippen molar-refractivity contribution >= 4 is 5.91 Å². The van der Waals surface area contributed by atoms with E-state index in [-0.39, 0.29) is 11.9 Å². The number of nitrogens with one attached hydrogen (secondary N) is 2. The van der Waals surface area contributed by atoms with Gasteiger partial charge in [0.1, 0.15) is 11.4 Å². The Balaban J connectivity index is 1.31. The molecule has 7 nitrogen and oxygen atoms in total. The summed E-state index contributed by atoms with van der Waals surface area (Å²) in [6.45, 7) is 2.85. The first-order chi connectivity index (χ1) is 14.2. The monoisotopic (exact) mass is 391 g/mol. The topological polar surface area (TPSA) is 83.1 Å². The number of methoxy groups -OCH3 is 1. The Morgan fingerprint density at radius 2 is 2.00 bits per heavy atom. The van der Waals surface area contributed by atoms with Crippen LogP contribution in [-0.4, -0.2) is 52.2 Å². The number of amides is 1. The number of H-pyrrole nitrogens is 1. The molecule has 0 spiro atoms. The van der Waals surface area contributed by atoms with E-state index in [1.807, 2.05) is 48.8 Å². The molecule has 150 valence electrons. The zero-order valence-corrected chi connectivity index (χ0v) is 16.5. The first-order valence-electron chi connectivity index (χ1n) is 9.83. The lowest BCUT2D eigenvalue weighted by Crippen LogP contribution is -2.44. The van der Waals surface area contributed by atoms with E-state index in [2.05, 4.69) is 25.4 Å². The molecule has 1 aliphatic rings. The zero-order valence-electron chi connectivity index (χ0n) is 16.5. The summed E-state index contributed by atoms with van der Waals surface area (Å²) in [7, 11) is 1.63. The van der Waals surface area contributed by atoms with Crippen LogP contribution in [0.5, 0.6) is 5.75 Å². The van der Waals surface area contributed by atoms with Crippen LogP contribution in [-0.2, 0) is 6.54 Å². The largest absolute Gasteiger partial charge is 0.497 e. The molecule has 29 heavy (non-hydrogen) atoms. The van der Waals surface area contributed by atoms with Gasteiger partial charge < -0.3 is 10.1 Å². The Morgan fingerprint density at radius 3 is 2.76 bits per heavy atom. The van der Waals surface area contributed by atoms with Crippen LogP contribution >= 0.6 is 0 Å². The van der Waals surface area contributed by atoms with Crippen LogP contribution in [0.3, 0.4) is 0 Å². The predicted molar refractivity (Wildman–Crippen MR) is 111 cm³/mol. The maximum Gasteiger partial charge on any atom is 0.269 e. The number of pyridine rings is 1. The third kappa shape index (κ3) is 4.81. The number of likely N-dealkylation sites (tertiary alicyclic amines) is 1. The van der Waals surface area contributed by atoms with Gasteiger partial charge in [0.05, 0.1) is 12.8 Å². The second kappa shape index (κ2) is 8.87. The number of piperidine rings is 1. The van der Waals surface area contributed by atoms with Gasteiger partial charge in [-0.15, -0.1) is 0 Å². The minimum Gasteiger partial charge on any atom is -0.497 e. The molecule has 3 heterocycles. The van der Waals surface area contributed by atoms with Gasteiger partial charge in [0.25, 0.3) is 5.91 Å². The molecule has 1 fully saturated rings. The van der Waals surface area contributed by atoms with E-state index in [0.29, 0.717) is 5.69 Å². The highest BCUT2D eigenvalue weighted by Gasteiger charge is 2.22. The summed E-state index contributed by atoms with van der Waals surface area (Å²) in [5.74, 6) is 0.647.